The molecule has 1 aliphatic heterocycles. The van der Waals surface area contributed by atoms with Crippen LogP contribution in [0.2, 0.25) is 0 Å². The Morgan fingerprint density at radius 3 is 2.70 bits per heavy atom. The van der Waals surface area contributed by atoms with Gasteiger partial charge in [0.1, 0.15) is 6.10 Å². The Labute approximate surface area is 145 Å². The van der Waals surface area contributed by atoms with Crippen molar-refractivity contribution in [2.75, 3.05) is 33.4 Å². The molecular weight excluding hydrogens is 316 g/mol. The van der Waals surface area contributed by atoms with Crippen LogP contribution in [-0.2, 0) is 14.3 Å². The molecule has 0 radical (unpaired) electrons. The van der Waals surface area contributed by atoms with Gasteiger partial charge >= 0.3 is 0 Å². The number of carbonyl (C=O) groups is 1. The van der Waals surface area contributed by atoms with Crippen LogP contribution in [0.15, 0.2) is 0 Å². The fourth-order valence-corrected chi connectivity index (χ4v) is 4.68. The van der Waals surface area contributed by atoms with Gasteiger partial charge in [0.25, 0.3) is 5.91 Å². The normalized spacial score (nSPS) is 32.7. The van der Waals surface area contributed by atoms with Gasteiger partial charge in [-0.1, -0.05) is 19.3 Å². The number of rotatable bonds is 4. The van der Waals surface area contributed by atoms with E-state index in [1.54, 1.807) is 0 Å². The fraction of sp³-hybridized carbons (Fsp3) is 0.941. The molecule has 0 aromatic carbocycles. The Balaban J connectivity index is 0.00000192. The molecule has 3 fully saturated rings. The Hall–Kier alpha value is -0.360. The minimum absolute atomic E-state index is 0. The third kappa shape index (κ3) is 3.53. The Kier molecular flexibility index (Phi) is 6.72. The second kappa shape index (κ2) is 8.15. The van der Waals surface area contributed by atoms with E-state index in [0.717, 1.165) is 19.6 Å². The molecule has 0 aromatic heterocycles. The molecule has 0 bridgehead atoms. The van der Waals surface area contributed by atoms with Gasteiger partial charge in [0.15, 0.2) is 0 Å². The van der Waals surface area contributed by atoms with Crippen LogP contribution < -0.4 is 5.32 Å². The van der Waals surface area contributed by atoms with Gasteiger partial charge in [-0.25, -0.2) is 0 Å². The molecule has 1 N–H and O–H groups in total. The molecule has 23 heavy (non-hydrogen) atoms. The molecule has 1 spiro atoms. The first kappa shape index (κ1) is 19.0. The van der Waals surface area contributed by atoms with Crippen LogP contribution in [0.5, 0.6) is 0 Å². The number of morpholine rings is 1. The van der Waals surface area contributed by atoms with Crippen LogP contribution in [0, 0.1) is 5.41 Å². The molecule has 5 nitrogen and oxygen atoms in total. The molecule has 1 saturated heterocycles. The molecular formula is C17H31ClN2O3. The van der Waals surface area contributed by atoms with Crippen molar-refractivity contribution in [1.82, 2.24) is 10.2 Å². The predicted octanol–water partition coefficient (Wildman–Crippen LogP) is 1.98. The maximum absolute atomic E-state index is 12.7. The highest BCUT2D eigenvalue weighted by molar-refractivity contribution is 5.85. The average molecular weight is 347 g/mol. The Morgan fingerprint density at radius 1 is 1.35 bits per heavy atom. The summed E-state index contributed by atoms with van der Waals surface area (Å²) in [5.41, 5.74) is 0.195. The van der Waals surface area contributed by atoms with Crippen LogP contribution in [0.25, 0.3) is 0 Å². The number of likely N-dealkylation sites (N-methyl/N-ethyl adjacent to an activating group) is 1. The summed E-state index contributed by atoms with van der Waals surface area (Å²) in [6.45, 7) is 4.94. The first-order valence-electron chi connectivity index (χ1n) is 8.89. The van der Waals surface area contributed by atoms with Crippen molar-refractivity contribution in [3.63, 3.8) is 0 Å². The first-order valence-corrected chi connectivity index (χ1v) is 8.89. The summed E-state index contributed by atoms with van der Waals surface area (Å²) < 4.78 is 11.6. The summed E-state index contributed by atoms with van der Waals surface area (Å²) in [6, 6.07) is 0.322. The number of nitrogens with zero attached hydrogens (tertiary/aromatic N) is 1. The monoisotopic (exact) mass is 346 g/mol. The third-order valence-electron chi connectivity index (χ3n) is 5.91. The van der Waals surface area contributed by atoms with Crippen molar-refractivity contribution in [2.24, 2.45) is 5.41 Å². The fourth-order valence-electron chi connectivity index (χ4n) is 4.68. The average Bonchev–Trinajstić information content (AvgIpc) is 2.58. The minimum Gasteiger partial charge on any atom is -0.378 e. The van der Waals surface area contributed by atoms with Gasteiger partial charge in [-0.05, 0) is 26.2 Å². The highest BCUT2D eigenvalue weighted by Crippen LogP contribution is 2.55. The number of nitrogens with one attached hydrogen (secondary N) is 1. The van der Waals surface area contributed by atoms with E-state index in [1.807, 2.05) is 11.9 Å². The molecule has 2 saturated carbocycles. The van der Waals surface area contributed by atoms with E-state index in [2.05, 4.69) is 12.2 Å². The van der Waals surface area contributed by atoms with Crippen molar-refractivity contribution in [3.05, 3.63) is 0 Å². The van der Waals surface area contributed by atoms with E-state index in [4.69, 9.17) is 9.47 Å². The number of amides is 1. The summed E-state index contributed by atoms with van der Waals surface area (Å²) in [5, 5.41) is 3.25. The number of halogens is 1. The summed E-state index contributed by atoms with van der Waals surface area (Å²) in [5.74, 6) is 0.136. The molecule has 3 unspecified atom stereocenters. The van der Waals surface area contributed by atoms with Gasteiger partial charge in [0, 0.05) is 38.2 Å². The third-order valence-corrected chi connectivity index (χ3v) is 5.91. The molecule has 1 amide bonds. The second-order valence-corrected chi connectivity index (χ2v) is 7.00. The zero-order valence-electron chi connectivity index (χ0n) is 14.4. The van der Waals surface area contributed by atoms with Crippen molar-refractivity contribution in [1.29, 1.82) is 0 Å². The zero-order chi connectivity index (χ0) is 15.6. The van der Waals surface area contributed by atoms with Crippen LogP contribution in [-0.4, -0.2) is 62.4 Å². The lowest BCUT2D eigenvalue weighted by atomic mass is 9.54. The maximum atomic E-state index is 12.7. The van der Waals surface area contributed by atoms with E-state index in [1.165, 1.54) is 32.1 Å². The molecule has 3 aliphatic rings. The Bertz CT molecular complexity index is 395. The number of hydrogen-bond donors (Lipinski definition) is 1. The van der Waals surface area contributed by atoms with E-state index in [0.29, 0.717) is 25.3 Å². The van der Waals surface area contributed by atoms with Crippen molar-refractivity contribution < 1.29 is 14.3 Å². The number of carbonyl (C=O) groups excluding carboxylic acids is 1. The van der Waals surface area contributed by atoms with Gasteiger partial charge < -0.3 is 19.7 Å². The van der Waals surface area contributed by atoms with Crippen LogP contribution in [0.4, 0.5) is 0 Å². The predicted molar refractivity (Wildman–Crippen MR) is 92.0 cm³/mol. The lowest BCUT2D eigenvalue weighted by Gasteiger charge is -2.60. The van der Waals surface area contributed by atoms with Crippen LogP contribution >= 0.6 is 12.4 Å². The van der Waals surface area contributed by atoms with Gasteiger partial charge in [0.2, 0.25) is 0 Å². The molecule has 134 valence electrons. The van der Waals surface area contributed by atoms with E-state index >= 15 is 0 Å². The summed E-state index contributed by atoms with van der Waals surface area (Å²) in [7, 11) is 1.96. The highest BCUT2D eigenvalue weighted by Gasteiger charge is 2.58. The first-order chi connectivity index (χ1) is 10.7. The topological polar surface area (TPSA) is 50.8 Å². The molecule has 0 aromatic rings. The largest absolute Gasteiger partial charge is 0.378 e. The van der Waals surface area contributed by atoms with E-state index in [9.17, 15) is 4.79 Å². The quantitative estimate of drug-likeness (QED) is 0.845. The van der Waals surface area contributed by atoms with Crippen molar-refractivity contribution in [3.8, 4) is 0 Å². The molecule has 2 aliphatic carbocycles. The number of ether oxygens (including phenoxy) is 2. The van der Waals surface area contributed by atoms with Crippen molar-refractivity contribution >= 4 is 18.3 Å². The highest BCUT2D eigenvalue weighted by atomic mass is 35.5. The second-order valence-electron chi connectivity index (χ2n) is 7.00. The standard InChI is InChI=1S/C17H30N2O3.ClH/c1-3-21-15-11-14(17(15)7-5-4-6-8-17)19(2)16(20)13-12-18-9-10-22-13;/h13-15,18H,3-12H2,1-2H3;1H. The smallest absolute Gasteiger partial charge is 0.253 e. The van der Waals surface area contributed by atoms with Crippen molar-refractivity contribution in [2.45, 2.75) is 63.7 Å². The number of hydrogen-bond acceptors (Lipinski definition) is 4. The molecule has 3 rings (SSSR count). The van der Waals surface area contributed by atoms with E-state index < -0.39 is 0 Å². The summed E-state index contributed by atoms with van der Waals surface area (Å²) >= 11 is 0. The summed E-state index contributed by atoms with van der Waals surface area (Å²) in [4.78, 5) is 14.7. The summed E-state index contributed by atoms with van der Waals surface area (Å²) in [6.07, 6.45) is 7.26. The SMILES string of the molecule is CCOC1CC(N(C)C(=O)C2CNCCO2)C12CCCCC2.Cl. The van der Waals surface area contributed by atoms with Gasteiger partial charge in [-0.3, -0.25) is 4.79 Å². The van der Waals surface area contributed by atoms with Crippen LogP contribution in [0.3, 0.4) is 0 Å². The molecule has 1 heterocycles. The minimum atomic E-state index is -0.314. The zero-order valence-corrected chi connectivity index (χ0v) is 15.2. The van der Waals surface area contributed by atoms with Gasteiger partial charge in [-0.2, -0.15) is 0 Å². The van der Waals surface area contributed by atoms with Gasteiger partial charge in [-0.15, -0.1) is 12.4 Å². The maximum Gasteiger partial charge on any atom is 0.253 e. The van der Waals surface area contributed by atoms with E-state index in [-0.39, 0.29) is 29.8 Å². The Morgan fingerprint density at radius 2 is 2.09 bits per heavy atom. The molecule has 6 heteroatoms. The lowest BCUT2D eigenvalue weighted by Crippen LogP contribution is -2.67. The van der Waals surface area contributed by atoms with Crippen LogP contribution in [0.1, 0.15) is 45.4 Å². The molecule has 3 atom stereocenters. The van der Waals surface area contributed by atoms with Gasteiger partial charge in [0.05, 0.1) is 12.7 Å². The lowest BCUT2D eigenvalue weighted by molar-refractivity contribution is -0.190.